The number of Topliss-reactive ketones (excluding diaryl/α,β-unsaturated/α-hetero) is 1. The minimum absolute atomic E-state index is 0.120. The Kier molecular flexibility index (Phi) is 3.91. The number of ether oxygens (including phenoxy) is 3. The van der Waals surface area contributed by atoms with Crippen LogP contribution >= 0.6 is 0 Å². The minimum Gasteiger partial charge on any atom is -0.465 e. The first-order chi connectivity index (χ1) is 12.5. The van der Waals surface area contributed by atoms with E-state index in [9.17, 15) is 14.4 Å². The van der Waals surface area contributed by atoms with Crippen LogP contribution in [0.15, 0.2) is 24.3 Å². The van der Waals surface area contributed by atoms with Gasteiger partial charge in [-0.1, -0.05) is 24.3 Å². The summed E-state index contributed by atoms with van der Waals surface area (Å²) < 4.78 is 16.8. The molecule has 1 spiro atoms. The number of hydrogen-bond acceptors (Lipinski definition) is 6. The van der Waals surface area contributed by atoms with Gasteiger partial charge in [0.25, 0.3) is 0 Å². The summed E-state index contributed by atoms with van der Waals surface area (Å²) in [4.78, 5) is 39.6. The Bertz CT molecular complexity index is 766. The Labute approximate surface area is 151 Å². The minimum atomic E-state index is -1.73. The highest BCUT2D eigenvalue weighted by atomic mass is 16.6. The Morgan fingerprint density at radius 3 is 2.46 bits per heavy atom. The van der Waals surface area contributed by atoms with Gasteiger partial charge in [0.05, 0.1) is 19.3 Å². The number of rotatable bonds is 4. The van der Waals surface area contributed by atoms with Gasteiger partial charge >= 0.3 is 11.9 Å². The van der Waals surface area contributed by atoms with E-state index in [1.54, 1.807) is 26.0 Å². The highest BCUT2D eigenvalue weighted by Gasteiger charge is 2.78. The molecule has 0 N–H and O–H groups in total. The summed E-state index contributed by atoms with van der Waals surface area (Å²) in [7, 11) is 0. The molecule has 26 heavy (non-hydrogen) atoms. The van der Waals surface area contributed by atoms with Crippen molar-refractivity contribution in [2.24, 2.45) is 11.3 Å². The van der Waals surface area contributed by atoms with Gasteiger partial charge in [0.15, 0.2) is 11.4 Å². The first-order valence-corrected chi connectivity index (χ1v) is 9.19. The fraction of sp³-hybridized carbons (Fsp3) is 0.550. The van der Waals surface area contributed by atoms with E-state index in [0.29, 0.717) is 18.4 Å². The van der Waals surface area contributed by atoms with Crippen molar-refractivity contribution in [1.82, 2.24) is 0 Å². The van der Waals surface area contributed by atoms with Gasteiger partial charge in [-0.05, 0) is 38.7 Å². The number of benzene rings is 1. The lowest BCUT2D eigenvalue weighted by molar-refractivity contribution is -0.191. The zero-order chi connectivity index (χ0) is 18.5. The normalized spacial score (nSPS) is 30.5. The van der Waals surface area contributed by atoms with Crippen molar-refractivity contribution in [3.05, 3.63) is 35.4 Å². The van der Waals surface area contributed by atoms with Gasteiger partial charge in [0.2, 0.25) is 5.41 Å². The second-order valence-corrected chi connectivity index (χ2v) is 7.08. The molecule has 138 valence electrons. The molecule has 1 aromatic rings. The monoisotopic (exact) mass is 358 g/mol. The van der Waals surface area contributed by atoms with E-state index in [2.05, 4.69) is 0 Å². The van der Waals surface area contributed by atoms with Crippen LogP contribution in [0, 0.1) is 11.3 Å². The maximum Gasteiger partial charge on any atom is 0.327 e. The average molecular weight is 358 g/mol. The van der Waals surface area contributed by atoms with Gasteiger partial charge in [-0.25, -0.2) is 0 Å². The third kappa shape index (κ3) is 1.88. The van der Waals surface area contributed by atoms with Crippen LogP contribution in [0.25, 0.3) is 0 Å². The molecule has 3 atom stereocenters. The third-order valence-electron chi connectivity index (χ3n) is 6.04. The number of ketones is 1. The van der Waals surface area contributed by atoms with Crippen LogP contribution in [-0.2, 0) is 23.8 Å². The fourth-order valence-corrected chi connectivity index (χ4v) is 5.05. The SMILES string of the molecule is CCOC(=O)C1(C(=O)OCC)CC[C@@H]2C[C@@H]3O[C@@]21C(=O)c1ccccc13. The van der Waals surface area contributed by atoms with Crippen LogP contribution in [0.4, 0.5) is 0 Å². The van der Waals surface area contributed by atoms with E-state index in [4.69, 9.17) is 14.2 Å². The zero-order valence-electron chi connectivity index (χ0n) is 14.9. The quantitative estimate of drug-likeness (QED) is 0.608. The summed E-state index contributed by atoms with van der Waals surface area (Å²) in [6.45, 7) is 3.60. The lowest BCUT2D eigenvalue weighted by atomic mass is 9.67. The van der Waals surface area contributed by atoms with Gasteiger partial charge in [-0.3, -0.25) is 14.4 Å². The van der Waals surface area contributed by atoms with E-state index in [-0.39, 0.29) is 37.4 Å². The van der Waals surface area contributed by atoms with Gasteiger partial charge in [-0.15, -0.1) is 0 Å². The largest absolute Gasteiger partial charge is 0.465 e. The summed E-state index contributed by atoms with van der Waals surface area (Å²) in [5.41, 5.74) is -1.89. The van der Waals surface area contributed by atoms with E-state index in [1.165, 1.54) is 0 Å². The van der Waals surface area contributed by atoms with Crippen LogP contribution in [0.5, 0.6) is 0 Å². The fourth-order valence-electron chi connectivity index (χ4n) is 5.05. The molecule has 0 radical (unpaired) electrons. The van der Waals surface area contributed by atoms with E-state index in [1.807, 2.05) is 12.1 Å². The van der Waals surface area contributed by atoms with Crippen LogP contribution in [0.1, 0.15) is 55.1 Å². The van der Waals surface area contributed by atoms with Gasteiger partial charge < -0.3 is 14.2 Å². The molecule has 0 aromatic heterocycles. The molecule has 0 amide bonds. The second kappa shape index (κ2) is 5.91. The Hall–Kier alpha value is -2.21. The van der Waals surface area contributed by atoms with Crippen LogP contribution in [0.2, 0.25) is 0 Å². The van der Waals surface area contributed by atoms with Crippen LogP contribution in [-0.4, -0.2) is 36.5 Å². The van der Waals surface area contributed by atoms with E-state index in [0.717, 1.165) is 5.56 Å². The molecule has 2 bridgehead atoms. The predicted molar refractivity (Wildman–Crippen MR) is 90.4 cm³/mol. The smallest absolute Gasteiger partial charge is 0.327 e. The zero-order valence-corrected chi connectivity index (χ0v) is 14.9. The highest BCUT2D eigenvalue weighted by Crippen LogP contribution is 2.65. The van der Waals surface area contributed by atoms with E-state index < -0.39 is 23.0 Å². The molecular formula is C20H22O6. The topological polar surface area (TPSA) is 78.9 Å². The van der Waals surface area contributed by atoms with Gasteiger partial charge in [0, 0.05) is 11.5 Å². The standard InChI is InChI=1S/C20H22O6/c1-3-24-17(22)19(18(23)25-4-2)10-9-12-11-15-13-7-5-6-8-14(13)16(21)20(12,19)26-15/h5-8,12,15H,3-4,9-11H2,1-2H3/t12-,15+,20-/m1/s1. The molecule has 2 heterocycles. The molecule has 6 nitrogen and oxygen atoms in total. The van der Waals surface area contributed by atoms with Crippen molar-refractivity contribution in [1.29, 1.82) is 0 Å². The van der Waals surface area contributed by atoms with Crippen LogP contribution < -0.4 is 0 Å². The first kappa shape index (κ1) is 17.2. The molecule has 0 unspecified atom stereocenters. The maximum atomic E-state index is 13.6. The van der Waals surface area contributed by atoms with Crippen LogP contribution in [0.3, 0.4) is 0 Å². The predicted octanol–water partition coefficient (Wildman–Crippen LogP) is 2.61. The first-order valence-electron chi connectivity index (χ1n) is 9.19. The molecule has 2 aliphatic heterocycles. The van der Waals surface area contributed by atoms with Crippen molar-refractivity contribution in [3.63, 3.8) is 0 Å². The summed E-state index contributed by atoms with van der Waals surface area (Å²) in [5, 5.41) is 0. The molecular weight excluding hydrogens is 336 g/mol. The lowest BCUT2D eigenvalue weighted by Crippen LogP contribution is -2.63. The van der Waals surface area contributed by atoms with Crippen molar-refractivity contribution in [3.8, 4) is 0 Å². The molecule has 2 fully saturated rings. The molecule has 3 aliphatic rings. The highest BCUT2D eigenvalue weighted by molar-refractivity contribution is 6.15. The average Bonchev–Trinajstić information content (AvgIpc) is 3.13. The van der Waals surface area contributed by atoms with Crippen molar-refractivity contribution in [2.45, 2.75) is 44.8 Å². The molecule has 1 saturated carbocycles. The Balaban J connectivity index is 1.91. The second-order valence-electron chi connectivity index (χ2n) is 7.08. The number of hydrogen-bond donors (Lipinski definition) is 0. The van der Waals surface area contributed by atoms with Crippen molar-refractivity contribution in [2.75, 3.05) is 13.2 Å². The van der Waals surface area contributed by atoms with Crippen molar-refractivity contribution < 1.29 is 28.6 Å². The maximum absolute atomic E-state index is 13.6. The molecule has 1 saturated heterocycles. The number of carbonyl (C=O) groups is 3. The molecule has 1 aliphatic carbocycles. The Morgan fingerprint density at radius 1 is 1.15 bits per heavy atom. The van der Waals surface area contributed by atoms with Crippen molar-refractivity contribution >= 4 is 17.7 Å². The molecule has 4 rings (SSSR count). The third-order valence-corrected chi connectivity index (χ3v) is 6.04. The van der Waals surface area contributed by atoms with E-state index >= 15 is 0 Å². The lowest BCUT2D eigenvalue weighted by Gasteiger charge is -2.42. The number of esters is 2. The Morgan fingerprint density at radius 2 is 1.81 bits per heavy atom. The van der Waals surface area contributed by atoms with Gasteiger partial charge in [-0.2, -0.15) is 0 Å². The number of fused-ring (bicyclic) bond motifs is 3. The summed E-state index contributed by atoms with van der Waals surface area (Å²) >= 11 is 0. The summed E-state index contributed by atoms with van der Waals surface area (Å²) in [6.07, 6.45) is 1.07. The summed E-state index contributed by atoms with van der Waals surface area (Å²) in [5.74, 6) is -1.93. The molecule has 6 heteroatoms. The van der Waals surface area contributed by atoms with Gasteiger partial charge in [0.1, 0.15) is 0 Å². The summed E-state index contributed by atoms with van der Waals surface area (Å²) in [6, 6.07) is 7.28. The molecule has 1 aromatic carbocycles. The number of carbonyl (C=O) groups excluding carboxylic acids is 3.